The van der Waals surface area contributed by atoms with Crippen molar-refractivity contribution in [2.45, 2.75) is 57.7 Å². The van der Waals surface area contributed by atoms with Crippen molar-refractivity contribution >= 4 is 17.7 Å². The topological polar surface area (TPSA) is 122 Å². The molecule has 0 radical (unpaired) electrons. The number of aromatic nitrogens is 3. The predicted molar refractivity (Wildman–Crippen MR) is 139 cm³/mol. The highest BCUT2D eigenvalue weighted by molar-refractivity contribution is 5.95. The van der Waals surface area contributed by atoms with Crippen molar-refractivity contribution in [1.82, 2.24) is 25.0 Å². The zero-order valence-electron chi connectivity index (χ0n) is 22.4. The molecule has 1 amide bonds. The first-order chi connectivity index (χ1) is 18.6. The molecule has 1 aliphatic heterocycles. The average molecular weight is 555 g/mol. The van der Waals surface area contributed by atoms with E-state index in [0.717, 1.165) is 54.8 Å². The molecule has 1 aliphatic rings. The number of fused-ring (bicyclic) bond motifs is 1. The molecule has 0 bridgehead atoms. The molecule has 216 valence electrons. The van der Waals surface area contributed by atoms with Gasteiger partial charge in [0.15, 0.2) is 5.69 Å². The second-order valence-electron chi connectivity index (χ2n) is 9.53. The van der Waals surface area contributed by atoms with Crippen LogP contribution in [0.1, 0.15) is 60.0 Å². The molecule has 0 saturated heterocycles. The van der Waals surface area contributed by atoms with Crippen LogP contribution < -0.4 is 10.6 Å². The summed E-state index contributed by atoms with van der Waals surface area (Å²) in [7, 11) is 1.20. The van der Waals surface area contributed by atoms with E-state index < -0.39 is 29.8 Å². The van der Waals surface area contributed by atoms with Crippen LogP contribution in [-0.4, -0.2) is 82.1 Å². The Labute approximate surface area is 225 Å². The molecule has 1 unspecified atom stereocenters. The zero-order chi connectivity index (χ0) is 28.4. The maximum Gasteiger partial charge on any atom is 0.435 e. The van der Waals surface area contributed by atoms with Crippen LogP contribution in [0.3, 0.4) is 0 Å². The third-order valence-electron chi connectivity index (χ3n) is 6.61. The van der Waals surface area contributed by atoms with E-state index >= 15 is 0 Å². The largest absolute Gasteiger partial charge is 0.480 e. The summed E-state index contributed by atoms with van der Waals surface area (Å²) in [5.41, 5.74) is 0.691. The van der Waals surface area contributed by atoms with Crippen LogP contribution in [-0.2, 0) is 35.6 Å². The lowest BCUT2D eigenvalue weighted by Crippen LogP contribution is -2.44. The molecule has 3 heterocycles. The van der Waals surface area contributed by atoms with Gasteiger partial charge in [-0.15, -0.1) is 0 Å². The van der Waals surface area contributed by atoms with Gasteiger partial charge >= 0.3 is 12.1 Å². The van der Waals surface area contributed by atoms with Gasteiger partial charge in [0.1, 0.15) is 17.6 Å². The quantitative estimate of drug-likeness (QED) is 0.287. The van der Waals surface area contributed by atoms with Gasteiger partial charge in [-0.1, -0.05) is 6.07 Å². The van der Waals surface area contributed by atoms with E-state index in [-0.39, 0.29) is 12.1 Å². The van der Waals surface area contributed by atoms with Crippen LogP contribution in [0.5, 0.6) is 0 Å². The van der Waals surface area contributed by atoms with Gasteiger partial charge in [-0.25, -0.2) is 9.78 Å². The molecule has 0 aliphatic carbocycles. The first kappa shape index (κ1) is 30.4. The number of halogens is 3. The molecule has 3 rings (SSSR count). The Hall–Kier alpha value is -3.19. The number of alkyl halides is 3. The van der Waals surface area contributed by atoms with Crippen LogP contribution in [0, 0.1) is 0 Å². The Bertz CT molecular complexity index is 1110. The molecule has 13 heteroatoms. The molecule has 0 saturated carbocycles. The van der Waals surface area contributed by atoms with Gasteiger partial charge in [0.2, 0.25) is 0 Å². The molecule has 2 aromatic rings. The number of carboxylic acid groups (broad SMARTS) is 1. The van der Waals surface area contributed by atoms with Crippen LogP contribution in [0.15, 0.2) is 18.2 Å². The maximum atomic E-state index is 12.9. The third kappa shape index (κ3) is 9.20. The fourth-order valence-electron chi connectivity index (χ4n) is 4.44. The lowest BCUT2D eigenvalue weighted by molar-refractivity contribution is -0.141. The fourth-order valence-corrected chi connectivity index (χ4v) is 4.44. The first-order valence-corrected chi connectivity index (χ1v) is 13.3. The minimum absolute atomic E-state index is 0.0786. The van der Waals surface area contributed by atoms with Gasteiger partial charge in [-0.2, -0.15) is 18.3 Å². The van der Waals surface area contributed by atoms with Gasteiger partial charge in [-0.05, 0) is 63.6 Å². The van der Waals surface area contributed by atoms with E-state index in [1.807, 2.05) is 6.92 Å². The second-order valence-corrected chi connectivity index (χ2v) is 9.53. The SMILES string of the molecule is CCOCCN(CCCCc1ccc2c(n1)NCCC2)CCC(NC(=O)c1cc(C(F)(F)F)nn1C)C(=O)O. The number of carboxylic acids is 1. The van der Waals surface area contributed by atoms with Crippen LogP contribution in [0.4, 0.5) is 19.0 Å². The maximum absolute atomic E-state index is 12.9. The van der Waals surface area contributed by atoms with Crippen molar-refractivity contribution in [3.63, 3.8) is 0 Å². The van der Waals surface area contributed by atoms with Crippen molar-refractivity contribution in [2.75, 3.05) is 44.7 Å². The Morgan fingerprint density at radius 3 is 2.74 bits per heavy atom. The summed E-state index contributed by atoms with van der Waals surface area (Å²) in [6.45, 7) is 5.53. The molecule has 3 N–H and O–H groups in total. The minimum atomic E-state index is -4.71. The van der Waals surface area contributed by atoms with Crippen molar-refractivity contribution in [3.05, 3.63) is 40.8 Å². The van der Waals surface area contributed by atoms with Gasteiger partial charge < -0.3 is 25.4 Å². The Kier molecular flexibility index (Phi) is 11.1. The first-order valence-electron chi connectivity index (χ1n) is 13.3. The molecule has 0 aromatic carbocycles. The minimum Gasteiger partial charge on any atom is -0.480 e. The van der Waals surface area contributed by atoms with Gasteiger partial charge in [0.25, 0.3) is 5.91 Å². The zero-order valence-corrected chi connectivity index (χ0v) is 22.4. The summed E-state index contributed by atoms with van der Waals surface area (Å²) in [6.07, 6.45) is 0.104. The van der Waals surface area contributed by atoms with Crippen LogP contribution in [0.2, 0.25) is 0 Å². The highest BCUT2D eigenvalue weighted by atomic mass is 19.4. The van der Waals surface area contributed by atoms with Crippen molar-refractivity contribution in [2.24, 2.45) is 7.05 Å². The van der Waals surface area contributed by atoms with Crippen molar-refractivity contribution < 1.29 is 32.6 Å². The van der Waals surface area contributed by atoms with E-state index in [9.17, 15) is 27.9 Å². The van der Waals surface area contributed by atoms with Gasteiger partial charge in [-0.3, -0.25) is 9.48 Å². The van der Waals surface area contributed by atoms with E-state index in [0.29, 0.717) is 38.9 Å². The molecule has 1 atom stereocenters. The second kappa shape index (κ2) is 14.3. The molecular formula is C26H37F3N6O4. The number of hydrogen-bond donors (Lipinski definition) is 3. The molecule has 2 aromatic heterocycles. The lowest BCUT2D eigenvalue weighted by atomic mass is 10.1. The van der Waals surface area contributed by atoms with Crippen molar-refractivity contribution in [1.29, 1.82) is 0 Å². The van der Waals surface area contributed by atoms with E-state index in [4.69, 9.17) is 9.72 Å². The molecule has 39 heavy (non-hydrogen) atoms. The van der Waals surface area contributed by atoms with Gasteiger partial charge in [0.05, 0.1) is 6.61 Å². The summed E-state index contributed by atoms with van der Waals surface area (Å²) < 4.78 is 45.1. The number of amides is 1. The third-order valence-corrected chi connectivity index (χ3v) is 6.61. The van der Waals surface area contributed by atoms with Crippen LogP contribution in [0.25, 0.3) is 0 Å². The molecule has 0 spiro atoms. The summed E-state index contributed by atoms with van der Waals surface area (Å²) >= 11 is 0. The summed E-state index contributed by atoms with van der Waals surface area (Å²) in [6, 6.07) is 3.53. The molecular weight excluding hydrogens is 517 g/mol. The number of nitrogens with zero attached hydrogens (tertiary/aromatic N) is 4. The highest BCUT2D eigenvalue weighted by Gasteiger charge is 2.36. The van der Waals surface area contributed by atoms with Crippen LogP contribution >= 0.6 is 0 Å². The Morgan fingerprint density at radius 2 is 2.05 bits per heavy atom. The van der Waals surface area contributed by atoms with Crippen molar-refractivity contribution in [3.8, 4) is 0 Å². The predicted octanol–water partition coefficient (Wildman–Crippen LogP) is 3.13. The number of hydrogen-bond acceptors (Lipinski definition) is 7. The number of ether oxygens (including phenoxy) is 1. The number of unbranched alkanes of at least 4 members (excludes halogenated alkanes) is 1. The lowest BCUT2D eigenvalue weighted by Gasteiger charge is -2.24. The van der Waals surface area contributed by atoms with E-state index in [1.165, 1.54) is 12.6 Å². The smallest absolute Gasteiger partial charge is 0.435 e. The Morgan fingerprint density at radius 1 is 1.26 bits per heavy atom. The standard InChI is InChI=1S/C26H37F3N6O4/c1-3-39-16-15-35(13-5-4-8-19-10-9-18-7-6-12-30-23(18)31-19)14-11-20(25(37)38)32-24(36)21-17-22(26(27,28)29)33-34(21)2/h9-10,17,20H,3-8,11-16H2,1-2H3,(H,30,31)(H,32,36)(H,37,38). The number of nitrogens with one attached hydrogen (secondary N) is 2. The average Bonchev–Trinajstić information content (AvgIpc) is 3.30. The fraction of sp³-hybridized carbons (Fsp3) is 0.615. The summed E-state index contributed by atoms with van der Waals surface area (Å²) in [5.74, 6) is -1.22. The highest BCUT2D eigenvalue weighted by Crippen LogP contribution is 2.28. The number of carbonyl (C=O) groups is 2. The normalized spacial score (nSPS) is 14.1. The Balaban J connectivity index is 1.52. The monoisotopic (exact) mass is 554 g/mol. The number of carbonyl (C=O) groups excluding carboxylic acids is 1. The number of aliphatic carboxylic acids is 1. The summed E-state index contributed by atoms with van der Waals surface area (Å²) in [5, 5.41) is 18.6. The number of anilines is 1. The van der Waals surface area contributed by atoms with Gasteiger partial charge in [0, 0.05) is 45.0 Å². The molecule has 10 nitrogen and oxygen atoms in total. The number of rotatable bonds is 15. The van der Waals surface area contributed by atoms with E-state index in [1.54, 1.807) is 0 Å². The molecule has 0 fully saturated rings. The van der Waals surface area contributed by atoms with E-state index in [2.05, 4.69) is 32.8 Å². The number of pyridine rings is 1. The summed E-state index contributed by atoms with van der Waals surface area (Å²) in [4.78, 5) is 31.2. The number of aryl methyl sites for hydroxylation is 3.